The Labute approximate surface area is 216 Å². The van der Waals surface area contributed by atoms with Gasteiger partial charge >= 0.3 is 5.97 Å². The Morgan fingerprint density at radius 3 is 2.30 bits per heavy atom. The predicted molar refractivity (Wildman–Crippen MR) is 143 cm³/mol. The predicted octanol–water partition coefficient (Wildman–Crippen LogP) is 4.57. The van der Waals surface area contributed by atoms with E-state index >= 15 is 0 Å². The Balaban J connectivity index is 1.54. The molecule has 0 radical (unpaired) electrons. The minimum Gasteiger partial charge on any atom is -0.471 e. The number of rotatable bonds is 9. The van der Waals surface area contributed by atoms with Gasteiger partial charge in [-0.3, -0.25) is 14.8 Å². The number of hydrogen-bond donors (Lipinski definition) is 3. The summed E-state index contributed by atoms with van der Waals surface area (Å²) in [6.45, 7) is 5.82. The van der Waals surface area contributed by atoms with Crippen molar-refractivity contribution in [3.8, 4) is 17.0 Å². The number of anilines is 1. The summed E-state index contributed by atoms with van der Waals surface area (Å²) in [4.78, 5) is 25.4. The number of benzene rings is 1. The molecule has 0 unspecified atom stereocenters. The molecule has 1 aliphatic rings. The van der Waals surface area contributed by atoms with E-state index in [1.165, 1.54) is 13.3 Å². The lowest BCUT2D eigenvalue weighted by atomic mass is 9.94. The molecule has 192 valence electrons. The Hall–Kier alpha value is -4.27. The normalized spacial score (nSPS) is 14.7. The van der Waals surface area contributed by atoms with E-state index in [2.05, 4.69) is 25.6 Å². The van der Waals surface area contributed by atoms with Gasteiger partial charge in [0.15, 0.2) is 5.82 Å². The van der Waals surface area contributed by atoms with Crippen molar-refractivity contribution in [3.05, 3.63) is 72.1 Å². The van der Waals surface area contributed by atoms with E-state index in [1.807, 2.05) is 57.2 Å². The number of pyridine rings is 1. The van der Waals surface area contributed by atoms with Crippen molar-refractivity contribution in [2.24, 2.45) is 0 Å². The summed E-state index contributed by atoms with van der Waals surface area (Å²) in [5.74, 6) is 1.25. The quantitative estimate of drug-likeness (QED) is 0.288. The van der Waals surface area contributed by atoms with Crippen LogP contribution in [-0.2, 0) is 14.9 Å². The third-order valence-corrected chi connectivity index (χ3v) is 6.08. The van der Waals surface area contributed by atoms with Crippen molar-refractivity contribution in [2.75, 3.05) is 19.5 Å². The van der Waals surface area contributed by atoms with Crippen molar-refractivity contribution in [3.63, 3.8) is 0 Å². The summed E-state index contributed by atoms with van der Waals surface area (Å²) in [6, 6.07) is 11.8. The van der Waals surface area contributed by atoms with Gasteiger partial charge < -0.3 is 25.5 Å². The van der Waals surface area contributed by atoms with Crippen LogP contribution in [0.2, 0.25) is 0 Å². The van der Waals surface area contributed by atoms with Gasteiger partial charge in [0.05, 0.1) is 36.2 Å². The van der Waals surface area contributed by atoms with Crippen molar-refractivity contribution in [2.45, 2.75) is 44.6 Å². The highest BCUT2D eigenvalue weighted by molar-refractivity contribution is 6.09. The lowest BCUT2D eigenvalue weighted by molar-refractivity contribution is -0.143. The maximum atomic E-state index is 12.2. The Morgan fingerprint density at radius 1 is 1.05 bits per heavy atom. The van der Waals surface area contributed by atoms with Crippen LogP contribution in [-0.4, -0.2) is 46.9 Å². The molecule has 9 nitrogen and oxygen atoms in total. The maximum absolute atomic E-state index is 12.2. The van der Waals surface area contributed by atoms with Gasteiger partial charge in [0, 0.05) is 25.0 Å². The first-order valence-corrected chi connectivity index (χ1v) is 12.1. The molecule has 0 aliphatic heterocycles. The molecule has 37 heavy (non-hydrogen) atoms. The van der Waals surface area contributed by atoms with Gasteiger partial charge in [0.25, 0.3) is 0 Å². The van der Waals surface area contributed by atoms with Gasteiger partial charge in [-0.25, -0.2) is 0 Å². The average molecular weight is 501 g/mol. The molecule has 1 fully saturated rings. The molecule has 9 heteroatoms. The summed E-state index contributed by atoms with van der Waals surface area (Å²) < 4.78 is 10.8. The number of esters is 1. The second kappa shape index (κ2) is 10.4. The van der Waals surface area contributed by atoms with E-state index < -0.39 is 11.0 Å². The number of allylic oxidation sites excluding steroid dienone is 1. The lowest BCUT2D eigenvalue weighted by Gasteiger charge is -2.20. The number of nitrogens with one attached hydrogen (secondary N) is 3. The zero-order valence-corrected chi connectivity index (χ0v) is 21.8. The van der Waals surface area contributed by atoms with Gasteiger partial charge in [-0.05, 0) is 50.8 Å². The van der Waals surface area contributed by atoms with Gasteiger partial charge in [-0.2, -0.15) is 4.98 Å². The number of ether oxygens (including phenoxy) is 2. The van der Waals surface area contributed by atoms with Crippen LogP contribution in [0.15, 0.2) is 60.8 Å². The number of carbonyl (C=O) groups excluding carboxylic acids is 1. The van der Waals surface area contributed by atoms with Crippen LogP contribution < -0.4 is 15.4 Å². The smallest absolute Gasteiger partial charge is 0.316 e. The molecule has 1 aromatic carbocycles. The third-order valence-electron chi connectivity index (χ3n) is 6.08. The minimum absolute atomic E-state index is 0.175. The molecule has 0 spiro atoms. The molecule has 4 rings (SSSR count). The fourth-order valence-corrected chi connectivity index (χ4v) is 4.07. The molecular weight excluding hydrogens is 468 g/mol. The molecular formula is C28H32N6O3. The van der Waals surface area contributed by atoms with E-state index in [9.17, 15) is 4.79 Å². The molecule has 0 saturated heterocycles. The third kappa shape index (κ3) is 5.77. The molecule has 1 aliphatic carbocycles. The summed E-state index contributed by atoms with van der Waals surface area (Å²) in [5, 5.41) is 14.3. The maximum Gasteiger partial charge on any atom is 0.316 e. The van der Waals surface area contributed by atoms with Crippen molar-refractivity contribution in [1.29, 1.82) is 5.41 Å². The molecule has 3 aromatic rings. The zero-order valence-electron chi connectivity index (χ0n) is 21.8. The topological polar surface area (TPSA) is 122 Å². The fourth-order valence-electron chi connectivity index (χ4n) is 4.07. The van der Waals surface area contributed by atoms with Crippen LogP contribution in [0.1, 0.15) is 44.9 Å². The highest BCUT2D eigenvalue weighted by Crippen LogP contribution is 2.49. The molecule has 0 atom stereocenters. The van der Waals surface area contributed by atoms with Crippen LogP contribution in [0.5, 0.6) is 5.88 Å². The van der Waals surface area contributed by atoms with Crippen molar-refractivity contribution in [1.82, 2.24) is 20.3 Å². The number of nitrogens with zero attached hydrogens (tertiary/aromatic N) is 3. The lowest BCUT2D eigenvalue weighted by Crippen LogP contribution is -2.24. The second-order valence-electron chi connectivity index (χ2n) is 9.85. The van der Waals surface area contributed by atoms with Gasteiger partial charge in [-0.15, -0.1) is 0 Å². The van der Waals surface area contributed by atoms with Crippen LogP contribution in [0, 0.1) is 5.41 Å². The highest BCUT2D eigenvalue weighted by atomic mass is 16.5. The molecule has 0 amide bonds. The Kier molecular flexibility index (Phi) is 7.24. The first kappa shape index (κ1) is 25.8. The van der Waals surface area contributed by atoms with Crippen LogP contribution in [0.25, 0.3) is 16.7 Å². The summed E-state index contributed by atoms with van der Waals surface area (Å²) in [5.41, 5.74) is 3.18. The fraction of sp³-hybridized carbons (Fsp3) is 0.321. The van der Waals surface area contributed by atoms with Crippen molar-refractivity contribution >= 4 is 23.6 Å². The zero-order chi connectivity index (χ0) is 26.6. The van der Waals surface area contributed by atoms with Gasteiger partial charge in [-0.1, -0.05) is 30.3 Å². The average Bonchev–Trinajstić information content (AvgIpc) is 3.70. The molecule has 2 heterocycles. The van der Waals surface area contributed by atoms with Gasteiger partial charge in [0.1, 0.15) is 11.4 Å². The first-order valence-electron chi connectivity index (χ1n) is 12.1. The summed E-state index contributed by atoms with van der Waals surface area (Å²) >= 11 is 0. The Bertz CT molecular complexity index is 1310. The largest absolute Gasteiger partial charge is 0.471 e. The van der Waals surface area contributed by atoms with E-state index in [1.54, 1.807) is 25.6 Å². The molecule has 0 bridgehead atoms. The van der Waals surface area contributed by atoms with Gasteiger partial charge in [0.2, 0.25) is 5.88 Å². The molecule has 2 aromatic heterocycles. The number of aromatic nitrogens is 3. The van der Waals surface area contributed by atoms with E-state index in [0.717, 1.165) is 29.5 Å². The first-order chi connectivity index (χ1) is 17.7. The number of hydrogen-bond acceptors (Lipinski definition) is 9. The molecule has 1 saturated carbocycles. The number of carbonyl (C=O) groups is 1. The monoisotopic (exact) mass is 500 g/mol. The second-order valence-corrected chi connectivity index (χ2v) is 9.85. The van der Waals surface area contributed by atoms with Crippen LogP contribution >= 0.6 is 0 Å². The highest BCUT2D eigenvalue weighted by Gasteiger charge is 2.52. The minimum atomic E-state index is -0.488. The Morgan fingerprint density at radius 2 is 1.76 bits per heavy atom. The van der Waals surface area contributed by atoms with Crippen molar-refractivity contribution < 1.29 is 14.3 Å². The van der Waals surface area contributed by atoms with E-state index in [0.29, 0.717) is 28.8 Å². The number of methoxy groups -OCH3 is 1. The summed E-state index contributed by atoms with van der Waals surface area (Å²) in [6.07, 6.45) is 7.78. The SMILES string of the molecule is CN/C(Nc1cncc(OC(C)(C)C)n1)=C(\C=N)c1ccc(-c2ccc(C3(C(=O)OC)CC3)cc2)cn1. The molecule has 3 N–H and O–H groups in total. The van der Waals surface area contributed by atoms with Crippen LogP contribution in [0.4, 0.5) is 5.82 Å². The standard InChI is InChI=1S/C28H32N6O3/c1-27(2,3)37-24-17-31-16-23(33-24)34-25(30-4)21(14-29)22-11-8-19(15-32-22)18-6-9-20(10-7-18)28(12-13-28)26(35)36-5/h6-11,14-17,29-30H,12-13H2,1-5H3,(H,33,34)/b25-21-,29-14?. The van der Waals surface area contributed by atoms with E-state index in [-0.39, 0.29) is 5.97 Å². The summed E-state index contributed by atoms with van der Waals surface area (Å²) in [7, 11) is 3.19. The van der Waals surface area contributed by atoms with Crippen LogP contribution in [0.3, 0.4) is 0 Å². The van der Waals surface area contributed by atoms with E-state index in [4.69, 9.17) is 14.9 Å².